The number of hydrogen-bond acceptors (Lipinski definition) is 5. The number of ether oxygens (including phenoxy) is 1. The van der Waals surface area contributed by atoms with Gasteiger partial charge in [0.05, 0.1) is 17.2 Å². The molecule has 0 aromatic heterocycles. The van der Waals surface area contributed by atoms with Crippen LogP contribution in [0.3, 0.4) is 0 Å². The number of aliphatic imine (C=N–C) groups is 1. The van der Waals surface area contributed by atoms with E-state index in [0.29, 0.717) is 22.6 Å². The maximum absolute atomic E-state index is 12.6. The van der Waals surface area contributed by atoms with E-state index in [-0.39, 0.29) is 11.4 Å². The summed E-state index contributed by atoms with van der Waals surface area (Å²) in [6.45, 7) is 11.6. The molecule has 0 radical (unpaired) electrons. The van der Waals surface area contributed by atoms with Crippen molar-refractivity contribution in [3.8, 4) is 5.75 Å². The van der Waals surface area contributed by atoms with E-state index in [0.717, 1.165) is 23.4 Å². The summed E-state index contributed by atoms with van der Waals surface area (Å²) < 4.78 is 5.47. The number of nitrogens with one attached hydrogen (secondary N) is 1. The Morgan fingerprint density at radius 3 is 2.69 bits per heavy atom. The first kappa shape index (κ1) is 22.5. The molecule has 2 aliphatic rings. The van der Waals surface area contributed by atoms with E-state index in [1.165, 1.54) is 28.6 Å². The summed E-state index contributed by atoms with van der Waals surface area (Å²) in [6, 6.07) is 12.1. The number of carbonyl (C=O) groups is 1. The summed E-state index contributed by atoms with van der Waals surface area (Å²) >= 11 is 1.38. The first-order valence-electron chi connectivity index (χ1n) is 11.1. The first-order valence-corrected chi connectivity index (χ1v) is 11.9. The van der Waals surface area contributed by atoms with Crippen molar-refractivity contribution in [1.82, 2.24) is 5.32 Å². The number of fused-ring (bicyclic) bond motifs is 1. The Kier molecular flexibility index (Phi) is 6.08. The third-order valence-electron chi connectivity index (χ3n) is 6.34. The molecule has 32 heavy (non-hydrogen) atoms. The molecule has 1 N–H and O–H groups in total. The van der Waals surface area contributed by atoms with Crippen LogP contribution in [0.25, 0.3) is 6.08 Å². The zero-order valence-electron chi connectivity index (χ0n) is 19.7. The van der Waals surface area contributed by atoms with Gasteiger partial charge >= 0.3 is 0 Å². The number of benzene rings is 2. The van der Waals surface area contributed by atoms with Gasteiger partial charge in [-0.05, 0) is 111 Å². The molecule has 5 nitrogen and oxygen atoms in total. The number of thioether (sulfide) groups is 1. The van der Waals surface area contributed by atoms with Crippen LogP contribution in [0.4, 0.5) is 11.4 Å². The second kappa shape index (κ2) is 8.66. The molecule has 4 rings (SSSR count). The number of carbonyl (C=O) groups excluding carboxylic acids is 1. The maximum Gasteiger partial charge on any atom is 0.264 e. The normalized spacial score (nSPS) is 22.2. The average Bonchev–Trinajstić information content (AvgIpc) is 3.07. The predicted molar refractivity (Wildman–Crippen MR) is 135 cm³/mol. The van der Waals surface area contributed by atoms with E-state index in [1.807, 2.05) is 37.3 Å². The molecule has 1 amide bonds. The van der Waals surface area contributed by atoms with Crippen molar-refractivity contribution in [2.45, 2.75) is 52.5 Å². The summed E-state index contributed by atoms with van der Waals surface area (Å²) in [5.41, 5.74) is 5.79. The Balaban J connectivity index is 1.59. The minimum atomic E-state index is -0.108. The lowest BCUT2D eigenvalue weighted by Crippen LogP contribution is -2.45. The highest BCUT2D eigenvalue weighted by Crippen LogP contribution is 2.44. The number of aryl methyl sites for hydroxylation is 1. The Morgan fingerprint density at radius 1 is 1.28 bits per heavy atom. The Bertz CT molecular complexity index is 1100. The van der Waals surface area contributed by atoms with Gasteiger partial charge in [0.2, 0.25) is 0 Å². The van der Waals surface area contributed by atoms with Crippen molar-refractivity contribution in [2.24, 2.45) is 4.99 Å². The van der Waals surface area contributed by atoms with Crippen LogP contribution in [-0.4, -0.2) is 30.3 Å². The fourth-order valence-corrected chi connectivity index (χ4v) is 5.25. The van der Waals surface area contributed by atoms with E-state index < -0.39 is 0 Å². The molecule has 1 atom stereocenters. The zero-order chi connectivity index (χ0) is 23.0. The minimum Gasteiger partial charge on any atom is -0.494 e. The molecule has 168 valence electrons. The monoisotopic (exact) mass is 449 g/mol. The van der Waals surface area contributed by atoms with E-state index in [2.05, 4.69) is 62.1 Å². The third kappa shape index (κ3) is 4.42. The van der Waals surface area contributed by atoms with E-state index in [9.17, 15) is 4.79 Å². The van der Waals surface area contributed by atoms with Crippen molar-refractivity contribution in [3.05, 3.63) is 58.0 Å². The maximum atomic E-state index is 12.6. The van der Waals surface area contributed by atoms with Gasteiger partial charge in [-0.3, -0.25) is 4.79 Å². The smallest absolute Gasteiger partial charge is 0.264 e. The number of amides is 1. The number of nitrogens with zero attached hydrogens (tertiary/aromatic N) is 2. The van der Waals surface area contributed by atoms with E-state index in [1.54, 1.807) is 0 Å². The van der Waals surface area contributed by atoms with Gasteiger partial charge in [-0.2, -0.15) is 0 Å². The topological polar surface area (TPSA) is 53.9 Å². The molecular formula is C26H31N3O2S. The number of anilines is 1. The van der Waals surface area contributed by atoms with Gasteiger partial charge in [-0.25, -0.2) is 4.99 Å². The molecule has 0 bridgehead atoms. The van der Waals surface area contributed by atoms with E-state index >= 15 is 0 Å². The van der Waals surface area contributed by atoms with Crippen molar-refractivity contribution in [2.75, 3.05) is 18.6 Å². The third-order valence-corrected chi connectivity index (χ3v) is 7.25. The van der Waals surface area contributed by atoms with Gasteiger partial charge in [-0.15, -0.1) is 0 Å². The highest BCUT2D eigenvalue weighted by molar-refractivity contribution is 8.18. The Morgan fingerprint density at radius 2 is 2.00 bits per heavy atom. The lowest BCUT2D eigenvalue weighted by atomic mass is 9.79. The molecule has 2 aliphatic heterocycles. The van der Waals surface area contributed by atoms with Gasteiger partial charge in [0, 0.05) is 18.3 Å². The predicted octanol–water partition coefficient (Wildman–Crippen LogP) is 6.01. The number of amidine groups is 1. The largest absolute Gasteiger partial charge is 0.494 e. The van der Waals surface area contributed by atoms with Crippen LogP contribution in [0.5, 0.6) is 5.75 Å². The lowest BCUT2D eigenvalue weighted by Gasteiger charge is -2.45. The molecule has 0 spiro atoms. The zero-order valence-corrected chi connectivity index (χ0v) is 20.5. The second-order valence-electron chi connectivity index (χ2n) is 9.15. The quantitative estimate of drug-likeness (QED) is 0.581. The first-order chi connectivity index (χ1) is 15.2. The Hall–Kier alpha value is -2.73. The van der Waals surface area contributed by atoms with Crippen LogP contribution in [0.1, 0.15) is 56.7 Å². The summed E-state index contributed by atoms with van der Waals surface area (Å²) in [5, 5.41) is 3.48. The molecule has 1 fully saturated rings. The summed E-state index contributed by atoms with van der Waals surface area (Å²) in [4.78, 5) is 20.2. The fraction of sp³-hybridized carbons (Fsp3) is 0.385. The van der Waals surface area contributed by atoms with Crippen LogP contribution < -0.4 is 15.0 Å². The van der Waals surface area contributed by atoms with Crippen LogP contribution in [0.15, 0.2) is 46.3 Å². The molecule has 0 saturated carbocycles. The molecule has 6 heteroatoms. The van der Waals surface area contributed by atoms with Crippen LogP contribution in [0.2, 0.25) is 0 Å². The van der Waals surface area contributed by atoms with Crippen LogP contribution in [-0.2, 0) is 4.79 Å². The second-order valence-corrected chi connectivity index (χ2v) is 10.2. The average molecular weight is 450 g/mol. The van der Waals surface area contributed by atoms with Gasteiger partial charge in [-0.1, -0.05) is 6.92 Å². The number of hydrogen-bond donors (Lipinski definition) is 1. The highest BCUT2D eigenvalue weighted by atomic mass is 32.2. The molecule has 0 aliphatic carbocycles. The van der Waals surface area contributed by atoms with E-state index in [4.69, 9.17) is 4.74 Å². The van der Waals surface area contributed by atoms with Crippen molar-refractivity contribution in [3.63, 3.8) is 0 Å². The van der Waals surface area contributed by atoms with Crippen LogP contribution in [0, 0.1) is 6.92 Å². The molecular weight excluding hydrogens is 418 g/mol. The van der Waals surface area contributed by atoms with Crippen molar-refractivity contribution < 1.29 is 9.53 Å². The minimum absolute atomic E-state index is 0.108. The standard InChI is InChI=1S/C26H31N3O2S/c1-7-31-20-10-8-19(9-11-20)27-25-28-24(30)23(32-25)14-18-13-21-17(3)15-26(4,5)29(6)22(21)12-16(18)2/h8-14,17H,7,15H2,1-6H3,(H,27,28,30)/b23-14-/t17-/m0/s1. The fourth-order valence-electron chi connectivity index (χ4n) is 4.41. The van der Waals surface area contributed by atoms with Gasteiger partial charge in [0.25, 0.3) is 5.91 Å². The highest BCUT2D eigenvalue weighted by Gasteiger charge is 2.34. The lowest BCUT2D eigenvalue weighted by molar-refractivity contribution is -0.115. The van der Waals surface area contributed by atoms with Gasteiger partial charge in [0.1, 0.15) is 5.75 Å². The van der Waals surface area contributed by atoms with Gasteiger partial charge in [0.15, 0.2) is 5.17 Å². The SMILES string of the molecule is CCOc1ccc(N=C2NC(=O)/C(=C/c3cc4c(cc3C)N(C)C(C)(C)C[C@@H]4C)S2)cc1. The summed E-state index contributed by atoms with van der Waals surface area (Å²) in [5.74, 6) is 1.17. The Labute approximate surface area is 194 Å². The summed E-state index contributed by atoms with van der Waals surface area (Å²) in [7, 11) is 2.17. The number of rotatable bonds is 4. The van der Waals surface area contributed by atoms with Crippen molar-refractivity contribution >= 4 is 40.3 Å². The van der Waals surface area contributed by atoms with Crippen LogP contribution >= 0.6 is 11.8 Å². The summed E-state index contributed by atoms with van der Waals surface area (Å²) in [6.07, 6.45) is 3.09. The molecule has 0 unspecified atom stereocenters. The molecule has 2 aromatic carbocycles. The van der Waals surface area contributed by atoms with Gasteiger partial charge < -0.3 is 15.0 Å². The molecule has 2 aromatic rings. The molecule has 1 saturated heterocycles. The molecule has 2 heterocycles. The van der Waals surface area contributed by atoms with Crippen molar-refractivity contribution in [1.29, 1.82) is 0 Å².